The van der Waals surface area contributed by atoms with E-state index in [1.807, 2.05) is 12.0 Å². The van der Waals surface area contributed by atoms with E-state index in [-0.39, 0.29) is 0 Å². The van der Waals surface area contributed by atoms with E-state index in [1.54, 1.807) is 7.11 Å². The van der Waals surface area contributed by atoms with Crippen molar-refractivity contribution in [3.8, 4) is 5.75 Å². The summed E-state index contributed by atoms with van der Waals surface area (Å²) in [6.45, 7) is 6.23. The normalized spacial score (nSPS) is 9.10. The van der Waals surface area contributed by atoms with Crippen LogP contribution in [0.15, 0.2) is 12.0 Å². The van der Waals surface area contributed by atoms with Crippen molar-refractivity contribution < 1.29 is 4.74 Å². The van der Waals surface area contributed by atoms with Gasteiger partial charge in [0.15, 0.2) is 0 Å². The van der Waals surface area contributed by atoms with Gasteiger partial charge in [-0.05, 0) is 0 Å². The Hall–Kier alpha value is -0.785. The van der Waals surface area contributed by atoms with Crippen LogP contribution in [0.2, 0.25) is 0 Å². The Bertz CT molecular complexity index is 233. The average molecular weight is 134 g/mol. The van der Waals surface area contributed by atoms with Crippen molar-refractivity contribution >= 4 is 6.91 Å². The first-order valence-electron chi connectivity index (χ1n) is 3.36. The molecule has 0 saturated carbocycles. The number of ether oxygens (including phenoxy) is 1. The summed E-state index contributed by atoms with van der Waals surface area (Å²) in [5.74, 6) is 2.97. The summed E-state index contributed by atoms with van der Waals surface area (Å²) in [5, 5.41) is 0. The van der Waals surface area contributed by atoms with Crippen molar-refractivity contribution in [2.24, 2.45) is 0 Å². The minimum atomic E-state index is 0.972. The topological polar surface area (TPSA) is 9.23 Å². The van der Waals surface area contributed by atoms with E-state index in [0.29, 0.717) is 0 Å². The molecule has 0 fully saturated rings. The van der Waals surface area contributed by atoms with Crippen LogP contribution in [-0.4, -0.2) is 14.0 Å². The molecule has 52 valence electrons. The summed E-state index contributed by atoms with van der Waals surface area (Å²) in [7, 11) is 1.70. The third-order valence-corrected chi connectivity index (χ3v) is 1.77. The monoisotopic (exact) mass is 134 g/mol. The molecule has 1 aromatic heterocycles. The number of methoxy groups -OCH3 is 1. The Labute approximate surface area is 62.2 Å². The van der Waals surface area contributed by atoms with Crippen LogP contribution in [0, 0.1) is 13.8 Å². The van der Waals surface area contributed by atoms with Gasteiger partial charge in [-0.15, -0.1) is 0 Å². The fourth-order valence-electron chi connectivity index (χ4n) is 0.945. The molecule has 1 nitrogen and oxygen atoms in total. The van der Waals surface area contributed by atoms with Crippen molar-refractivity contribution in [3.05, 3.63) is 23.1 Å². The molecular weight excluding hydrogens is 123 g/mol. The second-order valence-electron chi connectivity index (χ2n) is 2.40. The third kappa shape index (κ3) is 1.20. The molecule has 1 aromatic rings. The zero-order valence-corrected chi connectivity index (χ0v) is 6.64. The van der Waals surface area contributed by atoms with Gasteiger partial charge in [0.05, 0.1) is 0 Å². The maximum atomic E-state index is 5.13. The molecule has 0 amide bonds. The Balaban J connectivity index is 3.14. The molecule has 0 spiro atoms. The standard InChI is InChI=1S/C8H11BO/c1-6-7(2)9-5-4-8(6)10-3/h4-5H,1-3H3. The molecule has 0 radical (unpaired) electrons. The minimum absolute atomic E-state index is 0.972. The Morgan fingerprint density at radius 3 is 2.60 bits per heavy atom. The fraction of sp³-hybridized carbons (Fsp3) is 0.375. The summed E-state index contributed by atoms with van der Waals surface area (Å²) < 4.78 is 5.13. The van der Waals surface area contributed by atoms with Crippen LogP contribution in [0.5, 0.6) is 5.75 Å². The summed E-state index contributed by atoms with van der Waals surface area (Å²) in [4.78, 5) is 0. The maximum absolute atomic E-state index is 5.13. The SMILES string of the molecule is COc1ccbc(C)c1C. The second kappa shape index (κ2) is 2.87. The predicted octanol–water partition coefficient (Wildman–Crippen LogP) is 1.65. The van der Waals surface area contributed by atoms with Crippen molar-refractivity contribution in [1.29, 1.82) is 0 Å². The van der Waals surface area contributed by atoms with Crippen LogP contribution < -0.4 is 4.74 Å². The zero-order chi connectivity index (χ0) is 7.56. The third-order valence-electron chi connectivity index (χ3n) is 1.77. The first-order chi connectivity index (χ1) is 4.75. The number of hydrogen-bond donors (Lipinski definition) is 0. The molecule has 0 saturated heterocycles. The van der Waals surface area contributed by atoms with Gasteiger partial charge in [-0.3, -0.25) is 0 Å². The van der Waals surface area contributed by atoms with Crippen LogP contribution in [0.1, 0.15) is 11.0 Å². The second-order valence-corrected chi connectivity index (χ2v) is 2.40. The molecule has 2 heteroatoms. The number of aryl methyl sites for hydroxylation is 1. The quantitative estimate of drug-likeness (QED) is 0.567. The van der Waals surface area contributed by atoms with Crippen molar-refractivity contribution in [3.63, 3.8) is 0 Å². The van der Waals surface area contributed by atoms with E-state index in [1.165, 1.54) is 11.0 Å². The van der Waals surface area contributed by atoms with E-state index in [0.717, 1.165) is 5.75 Å². The fourth-order valence-corrected chi connectivity index (χ4v) is 0.945. The van der Waals surface area contributed by atoms with Crippen molar-refractivity contribution in [2.75, 3.05) is 7.11 Å². The molecule has 1 heterocycles. The van der Waals surface area contributed by atoms with Crippen LogP contribution in [0.4, 0.5) is 0 Å². The first kappa shape index (κ1) is 7.32. The Morgan fingerprint density at radius 2 is 2.10 bits per heavy atom. The van der Waals surface area contributed by atoms with Gasteiger partial charge in [0, 0.05) is 0 Å². The molecule has 0 aliphatic heterocycles. The van der Waals surface area contributed by atoms with Gasteiger partial charge in [0.25, 0.3) is 0 Å². The number of rotatable bonds is 1. The van der Waals surface area contributed by atoms with Gasteiger partial charge in [0.2, 0.25) is 0 Å². The van der Waals surface area contributed by atoms with E-state index in [9.17, 15) is 0 Å². The molecule has 1 rings (SSSR count). The van der Waals surface area contributed by atoms with Gasteiger partial charge in [-0.25, -0.2) is 0 Å². The summed E-state index contributed by atoms with van der Waals surface area (Å²) in [5.41, 5.74) is 2.50. The van der Waals surface area contributed by atoms with Gasteiger partial charge >= 0.3 is 61.4 Å². The molecular formula is C8H11BO. The molecule has 0 atom stereocenters. The van der Waals surface area contributed by atoms with Gasteiger partial charge in [-0.1, -0.05) is 0 Å². The summed E-state index contributed by atoms with van der Waals surface area (Å²) >= 11 is 0. The van der Waals surface area contributed by atoms with Crippen LogP contribution >= 0.6 is 0 Å². The molecule has 0 unspecified atom stereocenters. The first-order valence-corrected chi connectivity index (χ1v) is 3.36. The molecule has 0 aliphatic carbocycles. The van der Waals surface area contributed by atoms with Gasteiger partial charge < -0.3 is 0 Å². The summed E-state index contributed by atoms with van der Waals surface area (Å²) in [6.07, 6.45) is 0. The summed E-state index contributed by atoms with van der Waals surface area (Å²) in [6, 6.07) is 1.97. The molecule has 0 aliphatic rings. The van der Waals surface area contributed by atoms with Crippen molar-refractivity contribution in [1.82, 2.24) is 0 Å². The zero-order valence-electron chi connectivity index (χ0n) is 6.64. The van der Waals surface area contributed by atoms with E-state index in [2.05, 4.69) is 20.8 Å². The molecule has 0 aromatic carbocycles. The number of hydrogen-bond acceptors (Lipinski definition) is 1. The Kier molecular flexibility index (Phi) is 2.10. The Morgan fingerprint density at radius 1 is 1.40 bits per heavy atom. The molecule has 0 bridgehead atoms. The van der Waals surface area contributed by atoms with Crippen LogP contribution in [0.3, 0.4) is 0 Å². The van der Waals surface area contributed by atoms with Crippen LogP contribution in [-0.2, 0) is 0 Å². The molecule has 10 heavy (non-hydrogen) atoms. The van der Waals surface area contributed by atoms with Crippen LogP contribution in [0.25, 0.3) is 0 Å². The average Bonchev–Trinajstić information content (AvgIpc) is 1.95. The molecule has 0 N–H and O–H groups in total. The van der Waals surface area contributed by atoms with E-state index < -0.39 is 0 Å². The van der Waals surface area contributed by atoms with Gasteiger partial charge in [-0.2, -0.15) is 0 Å². The van der Waals surface area contributed by atoms with E-state index >= 15 is 0 Å². The van der Waals surface area contributed by atoms with Crippen molar-refractivity contribution in [2.45, 2.75) is 13.8 Å². The van der Waals surface area contributed by atoms with Gasteiger partial charge in [0.1, 0.15) is 0 Å². The predicted molar refractivity (Wildman–Crippen MR) is 43.8 cm³/mol. The van der Waals surface area contributed by atoms with E-state index in [4.69, 9.17) is 4.74 Å².